The van der Waals surface area contributed by atoms with E-state index in [0.29, 0.717) is 26.2 Å². The predicted molar refractivity (Wildman–Crippen MR) is 179 cm³/mol. The van der Waals surface area contributed by atoms with E-state index >= 15 is 0 Å². The Labute approximate surface area is 297 Å². The minimum Gasteiger partial charge on any atom is -0.849 e. The van der Waals surface area contributed by atoms with Gasteiger partial charge in [-0.2, -0.15) is 0 Å². The van der Waals surface area contributed by atoms with Crippen LogP contribution in [0.5, 0.6) is 0 Å². The van der Waals surface area contributed by atoms with Crippen molar-refractivity contribution in [1.82, 2.24) is 9.80 Å². The summed E-state index contributed by atoms with van der Waals surface area (Å²) >= 11 is 0. The molecule has 7 heteroatoms. The van der Waals surface area contributed by atoms with Gasteiger partial charge in [-0.15, -0.1) is 11.2 Å². The minimum atomic E-state index is -1.10. The molecular weight excluding hydrogens is 620 g/mol. The van der Waals surface area contributed by atoms with Gasteiger partial charge in [-0.3, -0.25) is 9.80 Å². The van der Waals surface area contributed by atoms with Gasteiger partial charge in [0.2, 0.25) is 0 Å². The van der Waals surface area contributed by atoms with Gasteiger partial charge in [0.1, 0.15) is 0 Å². The third kappa shape index (κ3) is 14.6. The first kappa shape index (κ1) is 40.5. The number of hydrogen-bond acceptors (Lipinski definition) is 6. The maximum atomic E-state index is 12.6. The Morgan fingerprint density at radius 1 is 0.468 bits per heavy atom. The van der Waals surface area contributed by atoms with Crippen LogP contribution in [0.25, 0.3) is 0 Å². The van der Waals surface area contributed by atoms with Crippen molar-refractivity contribution in [2.24, 2.45) is 0 Å². The van der Waals surface area contributed by atoms with Crippen LogP contribution in [0.15, 0.2) is 121 Å². The van der Waals surface area contributed by atoms with Crippen LogP contribution in [0.2, 0.25) is 0 Å². The van der Waals surface area contributed by atoms with Crippen molar-refractivity contribution in [3.8, 4) is 0 Å². The molecule has 0 radical (unpaired) electrons. The van der Waals surface area contributed by atoms with Crippen molar-refractivity contribution in [2.75, 3.05) is 26.2 Å². The van der Waals surface area contributed by atoms with Crippen LogP contribution < -0.4 is 20.4 Å². The first-order chi connectivity index (χ1) is 21.7. The Kier molecular flexibility index (Phi) is 16.7. The van der Waals surface area contributed by atoms with Gasteiger partial charge in [-0.05, 0) is 51.2 Å². The standard InChI is InChI=1S/2C20H25NO2.Ti/c2*1-16(17-10-6-4-7-11-17)21(15-20(2,3)23)14-19(22)18-12-8-5-9-13-18;/h2*4-13,16,19H,14-15H2,1-3H3;/q2*-2;+4/t2*16-,19+;/m11./s1. The molecule has 0 unspecified atom stereocenters. The number of hydrogen-bond donors (Lipinski definition) is 0. The van der Waals surface area contributed by atoms with E-state index in [2.05, 4.69) is 13.8 Å². The van der Waals surface area contributed by atoms with Crippen molar-refractivity contribution in [3.05, 3.63) is 144 Å². The van der Waals surface area contributed by atoms with Crippen LogP contribution >= 0.6 is 0 Å². The van der Waals surface area contributed by atoms with E-state index in [1.165, 1.54) is 0 Å². The molecule has 4 rings (SSSR count). The quantitative estimate of drug-likeness (QED) is 0.182. The topological polar surface area (TPSA) is 98.7 Å². The van der Waals surface area contributed by atoms with E-state index in [4.69, 9.17) is 0 Å². The molecule has 0 aliphatic rings. The number of nitrogens with zero attached hydrogens (tertiary/aromatic N) is 2. The molecule has 0 N–H and O–H groups in total. The van der Waals surface area contributed by atoms with Crippen molar-refractivity contribution >= 4 is 0 Å². The van der Waals surface area contributed by atoms with E-state index in [-0.39, 0.29) is 33.8 Å². The number of benzene rings is 4. The molecule has 0 heterocycles. The second kappa shape index (κ2) is 19.4. The SMILES string of the molecule is C[C@H](c1ccccc1)N(C[C@H]([O-])c1ccccc1)CC(C)(C)[O-].C[C@H](c1ccccc1)N(C[C@H]([O-])c1ccccc1)CC(C)(C)[O-].[Ti+4]. The molecule has 47 heavy (non-hydrogen) atoms. The Balaban J connectivity index is 0.000000320. The van der Waals surface area contributed by atoms with Crippen LogP contribution in [0, 0.1) is 0 Å². The predicted octanol–water partition coefficient (Wildman–Crippen LogP) is 4.58. The second-order valence-electron chi connectivity index (χ2n) is 13.4. The molecule has 0 aliphatic carbocycles. The monoisotopic (exact) mass is 670 g/mol. The molecule has 4 atom stereocenters. The summed E-state index contributed by atoms with van der Waals surface area (Å²) in [5.41, 5.74) is 1.58. The van der Waals surface area contributed by atoms with E-state index in [1.807, 2.05) is 131 Å². The summed E-state index contributed by atoms with van der Waals surface area (Å²) in [6, 6.07) is 38.8. The van der Waals surface area contributed by atoms with Crippen LogP contribution in [0.4, 0.5) is 0 Å². The summed E-state index contributed by atoms with van der Waals surface area (Å²) in [4.78, 5) is 4.01. The van der Waals surface area contributed by atoms with Crippen molar-refractivity contribution in [1.29, 1.82) is 0 Å². The van der Waals surface area contributed by atoms with Crippen molar-refractivity contribution in [2.45, 2.75) is 77.0 Å². The summed E-state index contributed by atoms with van der Waals surface area (Å²) in [5, 5.41) is 49.7. The van der Waals surface area contributed by atoms with Gasteiger partial charge in [0, 0.05) is 12.1 Å². The number of rotatable bonds is 14. The molecule has 4 aromatic rings. The van der Waals surface area contributed by atoms with Gasteiger partial charge in [0.05, 0.1) is 0 Å². The molecule has 0 spiro atoms. The van der Waals surface area contributed by atoms with Crippen molar-refractivity contribution < 1.29 is 42.1 Å². The van der Waals surface area contributed by atoms with Crippen LogP contribution in [-0.2, 0) is 21.7 Å². The zero-order valence-electron chi connectivity index (χ0n) is 28.7. The summed E-state index contributed by atoms with van der Waals surface area (Å²) < 4.78 is 0. The fourth-order valence-corrected chi connectivity index (χ4v) is 5.55. The summed E-state index contributed by atoms with van der Waals surface area (Å²) in [7, 11) is 0. The second-order valence-corrected chi connectivity index (χ2v) is 13.4. The van der Waals surface area contributed by atoms with E-state index < -0.39 is 23.4 Å². The smallest absolute Gasteiger partial charge is 0.849 e. The molecular formula is C40H50N2O4Ti. The summed E-state index contributed by atoms with van der Waals surface area (Å²) in [6.07, 6.45) is -1.71. The molecule has 0 saturated carbocycles. The zero-order valence-corrected chi connectivity index (χ0v) is 30.3. The maximum absolute atomic E-state index is 12.6. The fourth-order valence-electron chi connectivity index (χ4n) is 5.55. The molecule has 0 aliphatic heterocycles. The first-order valence-electron chi connectivity index (χ1n) is 16.1. The fraction of sp³-hybridized carbons (Fsp3) is 0.400. The summed E-state index contributed by atoms with van der Waals surface area (Å²) in [6.45, 7) is 12.1. The van der Waals surface area contributed by atoms with E-state index in [9.17, 15) is 20.4 Å². The average Bonchev–Trinajstić information content (AvgIpc) is 3.04. The van der Waals surface area contributed by atoms with Crippen LogP contribution in [0.1, 0.15) is 88.1 Å². The third-order valence-corrected chi connectivity index (χ3v) is 7.97. The Morgan fingerprint density at radius 3 is 0.936 bits per heavy atom. The Hall–Kier alpha value is -2.65. The van der Waals surface area contributed by atoms with Gasteiger partial charge in [0.15, 0.2) is 0 Å². The maximum Gasteiger partial charge on any atom is 4.00 e. The minimum absolute atomic E-state index is 0. The molecule has 0 saturated heterocycles. The van der Waals surface area contributed by atoms with E-state index in [1.54, 1.807) is 27.7 Å². The van der Waals surface area contributed by atoms with Crippen LogP contribution in [0.3, 0.4) is 0 Å². The molecule has 0 aromatic heterocycles. The summed E-state index contributed by atoms with van der Waals surface area (Å²) in [5.74, 6) is 0. The van der Waals surface area contributed by atoms with Crippen LogP contribution in [-0.4, -0.2) is 47.2 Å². The zero-order chi connectivity index (χ0) is 33.7. The van der Waals surface area contributed by atoms with E-state index in [0.717, 1.165) is 22.3 Å². The molecule has 6 nitrogen and oxygen atoms in total. The van der Waals surface area contributed by atoms with Gasteiger partial charge >= 0.3 is 21.7 Å². The molecule has 0 fully saturated rings. The molecule has 0 bridgehead atoms. The van der Waals surface area contributed by atoms with Gasteiger partial charge in [-0.25, -0.2) is 0 Å². The van der Waals surface area contributed by atoms with Crippen molar-refractivity contribution in [3.63, 3.8) is 0 Å². The van der Waals surface area contributed by atoms with Gasteiger partial charge in [-0.1, -0.05) is 172 Å². The van der Waals surface area contributed by atoms with Gasteiger partial charge in [0.25, 0.3) is 0 Å². The third-order valence-electron chi connectivity index (χ3n) is 7.97. The normalized spacial score (nSPS) is 14.4. The Bertz CT molecular complexity index is 1270. The Morgan fingerprint density at radius 2 is 0.702 bits per heavy atom. The van der Waals surface area contributed by atoms with Gasteiger partial charge < -0.3 is 20.4 Å². The first-order valence-corrected chi connectivity index (χ1v) is 16.1. The molecule has 4 aromatic carbocycles. The largest absolute Gasteiger partial charge is 4.00 e. The molecule has 248 valence electrons. The average molecular weight is 671 g/mol. The molecule has 0 amide bonds.